The molecule has 1 amide bonds. The number of likely N-dealkylation sites (tertiary alicyclic amines) is 1. The summed E-state index contributed by atoms with van der Waals surface area (Å²) in [6.07, 6.45) is 0.921. The Morgan fingerprint density at radius 1 is 1.16 bits per heavy atom. The third kappa shape index (κ3) is 6.11. The summed E-state index contributed by atoms with van der Waals surface area (Å²) < 4.78 is 0.921. The van der Waals surface area contributed by atoms with Crippen molar-refractivity contribution in [1.82, 2.24) is 14.7 Å². The molecule has 2 aromatic carbocycles. The van der Waals surface area contributed by atoms with Gasteiger partial charge in [0, 0.05) is 67.9 Å². The molecule has 5 nitrogen and oxygen atoms in total. The van der Waals surface area contributed by atoms with Crippen molar-refractivity contribution >= 4 is 62.3 Å². The van der Waals surface area contributed by atoms with E-state index in [9.17, 15) is 10.1 Å². The van der Waals surface area contributed by atoms with Gasteiger partial charge in [0.25, 0.3) is 5.91 Å². The number of nitrogens with zero attached hydrogens (tertiary/aromatic N) is 4. The van der Waals surface area contributed by atoms with Crippen molar-refractivity contribution < 1.29 is 4.79 Å². The van der Waals surface area contributed by atoms with E-state index < -0.39 is 0 Å². The molecule has 3 heterocycles. The van der Waals surface area contributed by atoms with Crippen LogP contribution in [0.3, 0.4) is 0 Å². The van der Waals surface area contributed by atoms with Gasteiger partial charge in [-0.2, -0.15) is 17.0 Å². The third-order valence-electron chi connectivity index (χ3n) is 7.46. The van der Waals surface area contributed by atoms with Gasteiger partial charge in [-0.25, -0.2) is 0 Å². The van der Waals surface area contributed by atoms with Gasteiger partial charge in [-0.3, -0.25) is 9.69 Å². The SMILES string of the molecule is CN(C[C@@H](CCN1CC(N2CCSCC2)C1)c1ccc(Cl)c(Cl)c1)C(=O)c1cc(C#N)cc2ccsc12. The summed E-state index contributed by atoms with van der Waals surface area (Å²) >= 11 is 16.2. The number of halogens is 2. The Morgan fingerprint density at radius 3 is 2.68 bits per heavy atom. The largest absolute Gasteiger partial charge is 0.341 e. The molecule has 37 heavy (non-hydrogen) atoms. The van der Waals surface area contributed by atoms with Crippen LogP contribution in [-0.4, -0.2) is 84.5 Å². The second kappa shape index (κ2) is 11.9. The smallest absolute Gasteiger partial charge is 0.255 e. The van der Waals surface area contributed by atoms with Crippen LogP contribution >= 0.6 is 46.3 Å². The minimum Gasteiger partial charge on any atom is -0.341 e. The lowest BCUT2D eigenvalue weighted by molar-refractivity contribution is 0.0371. The molecular weight excluding hydrogens is 543 g/mol. The summed E-state index contributed by atoms with van der Waals surface area (Å²) in [6, 6.07) is 14.2. The van der Waals surface area contributed by atoms with E-state index in [1.54, 1.807) is 11.0 Å². The summed E-state index contributed by atoms with van der Waals surface area (Å²) in [4.78, 5) is 20.5. The number of fused-ring (bicyclic) bond motifs is 1. The molecule has 3 aromatic rings. The van der Waals surface area contributed by atoms with Gasteiger partial charge in [0.15, 0.2) is 0 Å². The van der Waals surface area contributed by atoms with Crippen LogP contribution in [0.4, 0.5) is 0 Å². The molecule has 1 atom stereocenters. The van der Waals surface area contributed by atoms with Crippen molar-refractivity contribution in [3.8, 4) is 6.07 Å². The number of thioether (sulfide) groups is 1. The van der Waals surface area contributed by atoms with Crippen molar-refractivity contribution in [2.75, 3.05) is 57.8 Å². The topological polar surface area (TPSA) is 50.6 Å². The number of carbonyl (C=O) groups is 1. The fourth-order valence-electron chi connectivity index (χ4n) is 5.29. The van der Waals surface area contributed by atoms with Crippen LogP contribution < -0.4 is 0 Å². The van der Waals surface area contributed by atoms with E-state index in [1.807, 2.05) is 42.8 Å². The molecule has 1 aromatic heterocycles. The highest BCUT2D eigenvalue weighted by Crippen LogP contribution is 2.31. The molecule has 5 rings (SSSR count). The predicted octanol–water partition coefficient (Wildman–Crippen LogP) is 6.06. The molecule has 0 spiro atoms. The van der Waals surface area contributed by atoms with Crippen LogP contribution in [0.15, 0.2) is 41.8 Å². The number of thiophene rings is 1. The molecule has 2 aliphatic heterocycles. The van der Waals surface area contributed by atoms with Gasteiger partial charge in [-0.1, -0.05) is 29.3 Å². The van der Waals surface area contributed by atoms with E-state index in [2.05, 4.69) is 27.6 Å². The monoisotopic (exact) mass is 572 g/mol. The van der Waals surface area contributed by atoms with E-state index in [-0.39, 0.29) is 11.8 Å². The molecule has 194 valence electrons. The average molecular weight is 574 g/mol. The quantitative estimate of drug-likeness (QED) is 0.328. The summed E-state index contributed by atoms with van der Waals surface area (Å²) in [7, 11) is 1.85. The van der Waals surface area contributed by atoms with Gasteiger partial charge < -0.3 is 9.80 Å². The lowest BCUT2D eigenvalue weighted by atomic mass is 9.93. The Bertz CT molecular complexity index is 1310. The number of likely N-dealkylation sites (N-methyl/N-ethyl adjacent to an activating group) is 1. The summed E-state index contributed by atoms with van der Waals surface area (Å²) in [6.45, 7) is 6.17. The van der Waals surface area contributed by atoms with Gasteiger partial charge in [0.05, 0.1) is 27.2 Å². The number of amides is 1. The van der Waals surface area contributed by atoms with Crippen LogP contribution in [0.2, 0.25) is 10.0 Å². The van der Waals surface area contributed by atoms with Crippen LogP contribution in [0.5, 0.6) is 0 Å². The average Bonchev–Trinajstić information content (AvgIpc) is 3.37. The van der Waals surface area contributed by atoms with Crippen molar-refractivity contribution in [2.45, 2.75) is 18.4 Å². The first-order valence-electron chi connectivity index (χ1n) is 12.6. The zero-order valence-electron chi connectivity index (χ0n) is 20.8. The first-order valence-corrected chi connectivity index (χ1v) is 15.4. The highest BCUT2D eigenvalue weighted by atomic mass is 35.5. The van der Waals surface area contributed by atoms with Crippen molar-refractivity contribution in [2.24, 2.45) is 0 Å². The molecule has 0 aliphatic carbocycles. The van der Waals surface area contributed by atoms with Crippen molar-refractivity contribution in [1.29, 1.82) is 5.26 Å². The Kier molecular flexibility index (Phi) is 8.65. The number of rotatable bonds is 8. The normalized spacial score (nSPS) is 17.9. The second-order valence-corrected chi connectivity index (χ2v) is 12.8. The number of benzene rings is 2. The molecular formula is C28H30Cl2N4OS2. The molecule has 2 saturated heterocycles. The number of hydrogen-bond donors (Lipinski definition) is 0. The third-order valence-corrected chi connectivity index (χ3v) is 10.1. The Labute approximate surface area is 236 Å². The summed E-state index contributed by atoms with van der Waals surface area (Å²) in [5, 5.41) is 13.4. The van der Waals surface area contributed by atoms with Crippen molar-refractivity contribution in [3.63, 3.8) is 0 Å². The molecule has 0 N–H and O–H groups in total. The molecule has 2 aliphatic rings. The van der Waals surface area contributed by atoms with E-state index in [0.717, 1.165) is 41.7 Å². The van der Waals surface area contributed by atoms with Crippen LogP contribution in [0.1, 0.15) is 33.8 Å². The minimum absolute atomic E-state index is 0.0680. The van der Waals surface area contributed by atoms with Gasteiger partial charge in [-0.15, -0.1) is 11.3 Å². The van der Waals surface area contributed by atoms with Crippen LogP contribution in [0.25, 0.3) is 10.1 Å². The lowest BCUT2D eigenvalue weighted by Crippen LogP contribution is -2.61. The van der Waals surface area contributed by atoms with E-state index in [1.165, 1.54) is 35.9 Å². The van der Waals surface area contributed by atoms with Gasteiger partial charge in [0.2, 0.25) is 0 Å². The highest BCUT2D eigenvalue weighted by molar-refractivity contribution is 7.99. The maximum absolute atomic E-state index is 13.6. The van der Waals surface area contributed by atoms with Crippen LogP contribution in [0, 0.1) is 11.3 Å². The first-order chi connectivity index (χ1) is 17.9. The molecule has 9 heteroatoms. The Morgan fingerprint density at radius 2 is 1.95 bits per heavy atom. The molecule has 0 bridgehead atoms. The standard InChI is InChI=1S/C28H30Cl2N4OS2/c1-32(28(35)24-13-19(15-31)12-21-5-9-37-27(21)24)16-22(20-2-3-25(29)26(30)14-20)4-6-33-17-23(18-33)34-7-10-36-11-8-34/h2-3,5,9,12-14,22-23H,4,6-8,10-11,16-18H2,1H3/t22-/m1/s1. The zero-order valence-corrected chi connectivity index (χ0v) is 24.0. The fraction of sp³-hybridized carbons (Fsp3) is 0.429. The van der Waals surface area contributed by atoms with E-state index in [0.29, 0.717) is 33.8 Å². The fourth-order valence-corrected chi connectivity index (χ4v) is 7.42. The van der Waals surface area contributed by atoms with Gasteiger partial charge >= 0.3 is 0 Å². The Balaban J connectivity index is 1.29. The predicted molar refractivity (Wildman–Crippen MR) is 156 cm³/mol. The minimum atomic E-state index is -0.0680. The van der Waals surface area contributed by atoms with Gasteiger partial charge in [0.1, 0.15) is 0 Å². The molecule has 0 saturated carbocycles. The van der Waals surface area contributed by atoms with E-state index in [4.69, 9.17) is 23.2 Å². The summed E-state index contributed by atoms with van der Waals surface area (Å²) in [5.74, 6) is 2.53. The van der Waals surface area contributed by atoms with E-state index >= 15 is 0 Å². The molecule has 0 radical (unpaired) electrons. The maximum Gasteiger partial charge on any atom is 0.255 e. The molecule has 0 unspecified atom stereocenters. The number of hydrogen-bond acceptors (Lipinski definition) is 6. The van der Waals surface area contributed by atoms with Crippen LogP contribution in [-0.2, 0) is 0 Å². The number of carbonyl (C=O) groups excluding carboxylic acids is 1. The van der Waals surface area contributed by atoms with Gasteiger partial charge in [-0.05, 0) is 59.6 Å². The zero-order chi connectivity index (χ0) is 25.9. The number of nitriles is 1. The molecule has 2 fully saturated rings. The lowest BCUT2D eigenvalue weighted by Gasteiger charge is -2.47. The first kappa shape index (κ1) is 26.8. The summed E-state index contributed by atoms with van der Waals surface area (Å²) in [5.41, 5.74) is 2.18. The second-order valence-electron chi connectivity index (χ2n) is 9.88. The maximum atomic E-state index is 13.6. The Hall–Kier alpha value is -1.79. The highest BCUT2D eigenvalue weighted by Gasteiger charge is 2.33. The van der Waals surface area contributed by atoms with Crippen molar-refractivity contribution in [3.05, 3.63) is 68.5 Å².